The Hall–Kier alpha value is -1.15. The van der Waals surface area contributed by atoms with Gasteiger partial charge in [-0.3, -0.25) is 4.98 Å². The first kappa shape index (κ1) is 12.3. The van der Waals surface area contributed by atoms with E-state index in [2.05, 4.69) is 4.98 Å². The summed E-state index contributed by atoms with van der Waals surface area (Å²) in [7, 11) is -6.92. The van der Waals surface area contributed by atoms with E-state index in [1.807, 2.05) is 0 Å². The maximum Gasteiger partial charge on any atom is 0.184 e. The summed E-state index contributed by atoms with van der Waals surface area (Å²) in [6, 6.07) is 1.30. The van der Waals surface area contributed by atoms with E-state index in [0.717, 1.165) is 0 Å². The summed E-state index contributed by atoms with van der Waals surface area (Å²) < 4.78 is 46.9. The van der Waals surface area contributed by atoms with Gasteiger partial charge in [0.15, 0.2) is 19.7 Å². The lowest BCUT2D eigenvalue weighted by Crippen LogP contribution is -2.23. The van der Waals surface area contributed by atoms with Crippen LogP contribution in [-0.2, 0) is 19.7 Å². The van der Waals surface area contributed by atoms with Crippen molar-refractivity contribution in [2.24, 2.45) is 0 Å². The molecular formula is C9H12N2O4S2. The van der Waals surface area contributed by atoms with Gasteiger partial charge in [0, 0.05) is 6.20 Å². The molecule has 0 aromatic carbocycles. The number of hydrogen-bond acceptors (Lipinski definition) is 6. The lowest BCUT2D eigenvalue weighted by molar-refractivity contribution is 0.582. The predicted molar refractivity (Wildman–Crippen MR) is 62.9 cm³/mol. The van der Waals surface area contributed by atoms with Crippen molar-refractivity contribution >= 4 is 25.4 Å². The van der Waals surface area contributed by atoms with Crippen LogP contribution in [-0.4, -0.2) is 38.6 Å². The van der Waals surface area contributed by atoms with Crippen LogP contribution in [0.4, 0.5) is 5.69 Å². The van der Waals surface area contributed by atoms with Crippen molar-refractivity contribution in [3.05, 3.63) is 18.5 Å². The molecule has 2 heterocycles. The highest BCUT2D eigenvalue weighted by Crippen LogP contribution is 2.27. The number of pyridine rings is 1. The number of nitrogens with zero attached hydrogens (tertiary/aromatic N) is 1. The minimum Gasteiger partial charge on any atom is -0.396 e. The molecule has 0 aliphatic carbocycles. The third-order valence-electron chi connectivity index (χ3n) is 2.75. The molecule has 8 heteroatoms. The Bertz CT molecular complexity index is 637. The van der Waals surface area contributed by atoms with Crippen molar-refractivity contribution in [1.82, 2.24) is 4.98 Å². The second kappa shape index (κ2) is 3.95. The Morgan fingerprint density at radius 2 is 2.12 bits per heavy atom. The minimum absolute atomic E-state index is 0.0328. The van der Waals surface area contributed by atoms with E-state index in [1.165, 1.54) is 18.5 Å². The van der Waals surface area contributed by atoms with Crippen molar-refractivity contribution in [2.45, 2.75) is 16.6 Å². The molecule has 0 spiro atoms. The molecule has 0 amide bonds. The molecule has 1 aromatic heterocycles. The number of sulfone groups is 2. The Morgan fingerprint density at radius 3 is 2.65 bits per heavy atom. The fourth-order valence-electron chi connectivity index (χ4n) is 1.84. The number of nitrogen functional groups attached to an aromatic ring is 1. The van der Waals surface area contributed by atoms with Crippen LogP contribution in [0.1, 0.15) is 6.42 Å². The molecule has 1 atom stereocenters. The van der Waals surface area contributed by atoms with Gasteiger partial charge < -0.3 is 5.73 Å². The zero-order valence-corrected chi connectivity index (χ0v) is 10.5. The molecule has 0 saturated carbocycles. The molecule has 1 unspecified atom stereocenters. The number of anilines is 1. The summed E-state index contributed by atoms with van der Waals surface area (Å²) in [5.74, 6) is -0.404. The average Bonchev–Trinajstić information content (AvgIpc) is 2.60. The maximum absolute atomic E-state index is 12.2. The molecule has 0 bridgehead atoms. The minimum atomic E-state index is -3.68. The first-order valence-corrected chi connectivity index (χ1v) is 8.33. The standard InChI is InChI=1S/C9H12N2O4S2/c10-8-5-11-3-1-9(8)17(14,15)7-2-4-16(12,13)6-7/h1,3,5,7H,2,4,6,10H2. The van der Waals surface area contributed by atoms with Crippen LogP contribution in [0.3, 0.4) is 0 Å². The summed E-state index contributed by atoms with van der Waals surface area (Å²) >= 11 is 0. The Morgan fingerprint density at radius 1 is 1.41 bits per heavy atom. The van der Waals surface area contributed by atoms with Crippen LogP contribution < -0.4 is 5.73 Å². The van der Waals surface area contributed by atoms with E-state index in [1.54, 1.807) is 0 Å². The predicted octanol–water partition coefficient (Wildman–Crippen LogP) is -0.375. The summed E-state index contributed by atoms with van der Waals surface area (Å²) in [5, 5.41) is -0.891. The Labute approximate surface area is 99.7 Å². The van der Waals surface area contributed by atoms with Gasteiger partial charge in [-0.15, -0.1) is 0 Å². The smallest absolute Gasteiger partial charge is 0.184 e. The molecule has 1 fully saturated rings. The summed E-state index contributed by atoms with van der Waals surface area (Å²) in [6.07, 6.45) is 2.70. The third-order valence-corrected chi connectivity index (χ3v) is 6.99. The van der Waals surface area contributed by atoms with Gasteiger partial charge in [0.1, 0.15) is 0 Å². The van der Waals surface area contributed by atoms with E-state index < -0.39 is 24.9 Å². The van der Waals surface area contributed by atoms with Crippen molar-refractivity contribution in [3.8, 4) is 0 Å². The molecule has 17 heavy (non-hydrogen) atoms. The zero-order valence-electron chi connectivity index (χ0n) is 8.90. The molecule has 1 saturated heterocycles. The molecule has 0 radical (unpaired) electrons. The maximum atomic E-state index is 12.2. The molecule has 94 valence electrons. The highest BCUT2D eigenvalue weighted by molar-refractivity contribution is 7.96. The summed E-state index contributed by atoms with van der Waals surface area (Å²) in [6.45, 7) is 0. The van der Waals surface area contributed by atoms with Gasteiger partial charge in [-0.25, -0.2) is 16.8 Å². The van der Waals surface area contributed by atoms with Gasteiger partial charge in [0.2, 0.25) is 0 Å². The SMILES string of the molecule is Nc1cnccc1S(=O)(=O)C1CCS(=O)(=O)C1. The lowest BCUT2D eigenvalue weighted by Gasteiger charge is -2.11. The average molecular weight is 276 g/mol. The van der Waals surface area contributed by atoms with Crippen LogP contribution >= 0.6 is 0 Å². The Balaban J connectivity index is 2.43. The lowest BCUT2D eigenvalue weighted by atomic mass is 10.4. The van der Waals surface area contributed by atoms with Crippen LogP contribution in [0.15, 0.2) is 23.4 Å². The molecule has 1 aliphatic heterocycles. The van der Waals surface area contributed by atoms with Gasteiger partial charge in [-0.05, 0) is 12.5 Å². The van der Waals surface area contributed by atoms with Gasteiger partial charge in [-0.2, -0.15) is 0 Å². The summed E-state index contributed by atoms with van der Waals surface area (Å²) in [4.78, 5) is 3.67. The largest absolute Gasteiger partial charge is 0.396 e. The van der Waals surface area contributed by atoms with Crippen molar-refractivity contribution in [3.63, 3.8) is 0 Å². The van der Waals surface area contributed by atoms with Crippen LogP contribution in [0.2, 0.25) is 0 Å². The fraction of sp³-hybridized carbons (Fsp3) is 0.444. The highest BCUT2D eigenvalue weighted by Gasteiger charge is 2.38. The molecule has 1 aromatic rings. The molecule has 2 N–H and O–H groups in total. The zero-order chi connectivity index (χ0) is 12.7. The molecular weight excluding hydrogens is 264 g/mol. The van der Waals surface area contributed by atoms with Crippen LogP contribution in [0, 0.1) is 0 Å². The first-order chi connectivity index (χ1) is 7.83. The summed E-state index contributed by atoms with van der Waals surface area (Å²) in [5.41, 5.74) is 5.60. The van der Waals surface area contributed by atoms with E-state index >= 15 is 0 Å². The van der Waals surface area contributed by atoms with E-state index in [9.17, 15) is 16.8 Å². The number of rotatable bonds is 2. The number of hydrogen-bond donors (Lipinski definition) is 1. The van der Waals surface area contributed by atoms with Gasteiger partial charge in [-0.1, -0.05) is 0 Å². The normalized spacial score (nSPS) is 23.6. The van der Waals surface area contributed by atoms with E-state index in [0.29, 0.717) is 0 Å². The van der Waals surface area contributed by atoms with Crippen LogP contribution in [0.25, 0.3) is 0 Å². The molecule has 2 rings (SSSR count). The molecule has 6 nitrogen and oxygen atoms in total. The third kappa shape index (κ3) is 2.27. The van der Waals surface area contributed by atoms with Gasteiger partial charge in [0.25, 0.3) is 0 Å². The van der Waals surface area contributed by atoms with E-state index in [-0.39, 0.29) is 28.5 Å². The second-order valence-electron chi connectivity index (χ2n) is 3.98. The second-order valence-corrected chi connectivity index (χ2v) is 8.41. The number of aromatic nitrogens is 1. The highest BCUT2D eigenvalue weighted by atomic mass is 32.2. The van der Waals surface area contributed by atoms with Crippen molar-refractivity contribution < 1.29 is 16.8 Å². The van der Waals surface area contributed by atoms with Gasteiger partial charge >= 0.3 is 0 Å². The van der Waals surface area contributed by atoms with E-state index in [4.69, 9.17) is 5.73 Å². The van der Waals surface area contributed by atoms with Crippen molar-refractivity contribution in [1.29, 1.82) is 0 Å². The number of nitrogens with two attached hydrogens (primary N) is 1. The monoisotopic (exact) mass is 276 g/mol. The quantitative estimate of drug-likeness (QED) is 0.789. The van der Waals surface area contributed by atoms with Crippen molar-refractivity contribution in [2.75, 3.05) is 17.2 Å². The van der Waals surface area contributed by atoms with Gasteiger partial charge in [0.05, 0.1) is 33.5 Å². The topological polar surface area (TPSA) is 107 Å². The molecule has 1 aliphatic rings. The fourth-order valence-corrected chi connectivity index (χ4v) is 6.29. The Kier molecular flexibility index (Phi) is 2.86. The van der Waals surface area contributed by atoms with Crippen LogP contribution in [0.5, 0.6) is 0 Å². The first-order valence-electron chi connectivity index (χ1n) is 4.97.